The van der Waals surface area contributed by atoms with Crippen molar-refractivity contribution in [1.29, 1.82) is 0 Å². The first-order valence-corrected chi connectivity index (χ1v) is 3.36. The highest BCUT2D eigenvalue weighted by atomic mass is 16.4. The van der Waals surface area contributed by atoms with Crippen molar-refractivity contribution in [2.45, 2.75) is 0 Å². The van der Waals surface area contributed by atoms with E-state index in [9.17, 15) is 4.79 Å². The van der Waals surface area contributed by atoms with Gasteiger partial charge in [-0.25, -0.2) is 0 Å². The van der Waals surface area contributed by atoms with Gasteiger partial charge in [0.15, 0.2) is 0 Å². The number of carboxylic acids is 1. The first-order valence-electron chi connectivity index (χ1n) is 3.36. The summed E-state index contributed by atoms with van der Waals surface area (Å²) in [6, 6.07) is 0. The van der Waals surface area contributed by atoms with Gasteiger partial charge in [0, 0.05) is 0 Å². The van der Waals surface area contributed by atoms with Gasteiger partial charge in [0.2, 0.25) is 0 Å². The number of carboxylic acid groups (broad SMARTS) is 1. The predicted octanol–water partition coefficient (Wildman–Crippen LogP) is -0.240. The van der Waals surface area contributed by atoms with Crippen molar-refractivity contribution < 1.29 is 9.90 Å². The number of hydrogen-bond acceptors (Lipinski definition) is 2. The van der Waals surface area contributed by atoms with Gasteiger partial charge in [0.05, 0.1) is 6.54 Å². The monoisotopic (exact) mass is 143 g/mol. The van der Waals surface area contributed by atoms with Gasteiger partial charge in [-0.1, -0.05) is 0 Å². The molecule has 10 heavy (non-hydrogen) atoms. The molecule has 1 saturated heterocycles. The number of aliphatic carboxylic acids is 1. The van der Waals surface area contributed by atoms with E-state index in [1.165, 1.54) is 0 Å². The minimum absolute atomic E-state index is 0.162. The van der Waals surface area contributed by atoms with Crippen molar-refractivity contribution >= 4 is 5.97 Å². The van der Waals surface area contributed by atoms with Gasteiger partial charge in [-0.3, -0.25) is 9.69 Å². The minimum atomic E-state index is -0.748. The topological polar surface area (TPSA) is 54.6 Å². The van der Waals surface area contributed by atoms with Gasteiger partial charge < -0.3 is 10.4 Å². The van der Waals surface area contributed by atoms with E-state index in [1.807, 2.05) is 4.90 Å². The summed E-state index contributed by atoms with van der Waals surface area (Å²) in [6.45, 7) is 3.33. The molecule has 4 heteroatoms. The summed E-state index contributed by atoms with van der Waals surface area (Å²) in [5.41, 5.74) is 0. The lowest BCUT2D eigenvalue weighted by atomic mass is 10.3. The van der Waals surface area contributed by atoms with Crippen LogP contribution in [0, 0.1) is 0 Å². The summed E-state index contributed by atoms with van der Waals surface area (Å²) in [6.07, 6.45) is 0. The highest BCUT2D eigenvalue weighted by Gasteiger charge is 2.07. The Labute approximate surface area is 59.8 Å². The minimum Gasteiger partial charge on any atom is -0.660 e. The van der Waals surface area contributed by atoms with Crippen molar-refractivity contribution in [2.24, 2.45) is 0 Å². The van der Waals surface area contributed by atoms with Gasteiger partial charge in [-0.15, -0.1) is 13.1 Å². The number of nitrogens with zero attached hydrogens (tertiary/aromatic N) is 2. The Kier molecular flexibility index (Phi) is 2.65. The molecule has 1 fully saturated rings. The van der Waals surface area contributed by atoms with Crippen LogP contribution in [0.1, 0.15) is 0 Å². The van der Waals surface area contributed by atoms with Crippen LogP contribution < -0.4 is 0 Å². The van der Waals surface area contributed by atoms with E-state index >= 15 is 0 Å². The molecular weight excluding hydrogens is 132 g/mol. The second-order valence-corrected chi connectivity index (χ2v) is 2.34. The Morgan fingerprint density at radius 3 is 2.60 bits per heavy atom. The van der Waals surface area contributed by atoms with Crippen molar-refractivity contribution in [2.75, 3.05) is 32.7 Å². The maximum Gasteiger partial charge on any atom is 0.317 e. The third kappa shape index (κ3) is 2.33. The molecule has 1 heterocycles. The standard InChI is InChI=1S/C6H11N2O2/c9-6(10)5-8-3-1-7-2-4-8/h1-5H2,(H,9,10)/q-1. The third-order valence-corrected chi connectivity index (χ3v) is 1.51. The van der Waals surface area contributed by atoms with Crippen LogP contribution in [0.5, 0.6) is 0 Å². The molecule has 1 aliphatic rings. The van der Waals surface area contributed by atoms with Crippen LogP contribution in [0.15, 0.2) is 0 Å². The Balaban J connectivity index is 2.19. The van der Waals surface area contributed by atoms with Crippen molar-refractivity contribution in [3.63, 3.8) is 0 Å². The van der Waals surface area contributed by atoms with Crippen LogP contribution in [0.2, 0.25) is 0 Å². The molecule has 0 bridgehead atoms. The van der Waals surface area contributed by atoms with E-state index < -0.39 is 5.97 Å². The second kappa shape index (κ2) is 3.53. The van der Waals surface area contributed by atoms with Crippen LogP contribution >= 0.6 is 0 Å². The van der Waals surface area contributed by atoms with E-state index in [1.54, 1.807) is 0 Å². The molecule has 0 aromatic rings. The van der Waals surface area contributed by atoms with Crippen molar-refractivity contribution in [3.05, 3.63) is 5.32 Å². The zero-order valence-electron chi connectivity index (χ0n) is 5.79. The zero-order chi connectivity index (χ0) is 7.40. The largest absolute Gasteiger partial charge is 0.660 e. The molecule has 0 aromatic carbocycles. The Morgan fingerprint density at radius 2 is 2.10 bits per heavy atom. The highest BCUT2D eigenvalue weighted by molar-refractivity contribution is 5.69. The molecule has 1 aliphatic heterocycles. The average molecular weight is 143 g/mol. The van der Waals surface area contributed by atoms with Crippen LogP contribution in [0.4, 0.5) is 0 Å². The van der Waals surface area contributed by atoms with Crippen LogP contribution in [0.25, 0.3) is 5.32 Å². The zero-order valence-corrected chi connectivity index (χ0v) is 5.79. The fourth-order valence-electron chi connectivity index (χ4n) is 0.997. The lowest BCUT2D eigenvalue weighted by Gasteiger charge is -2.33. The molecule has 0 aliphatic carbocycles. The summed E-state index contributed by atoms with van der Waals surface area (Å²) in [4.78, 5) is 12.1. The molecule has 0 radical (unpaired) electrons. The van der Waals surface area contributed by atoms with Crippen molar-refractivity contribution in [1.82, 2.24) is 4.90 Å². The van der Waals surface area contributed by atoms with E-state index in [-0.39, 0.29) is 6.54 Å². The SMILES string of the molecule is O=C(O)CN1CC[N-]CC1. The second-order valence-electron chi connectivity index (χ2n) is 2.34. The predicted molar refractivity (Wildman–Crippen MR) is 37.2 cm³/mol. The molecule has 0 aromatic heterocycles. The maximum absolute atomic E-state index is 10.2. The lowest BCUT2D eigenvalue weighted by molar-refractivity contribution is -0.138. The van der Waals surface area contributed by atoms with Gasteiger partial charge in [-0.05, 0) is 13.1 Å². The molecule has 0 saturated carbocycles. The Hall–Kier alpha value is -0.610. The Bertz CT molecular complexity index is 121. The summed E-state index contributed by atoms with van der Waals surface area (Å²) >= 11 is 0. The molecule has 1 rings (SSSR count). The molecule has 0 atom stereocenters. The molecule has 4 nitrogen and oxygen atoms in total. The van der Waals surface area contributed by atoms with E-state index in [0.29, 0.717) is 0 Å². The molecule has 0 unspecified atom stereocenters. The molecule has 0 amide bonds. The van der Waals surface area contributed by atoms with E-state index in [4.69, 9.17) is 5.11 Å². The highest BCUT2D eigenvalue weighted by Crippen LogP contribution is 1.99. The smallest absolute Gasteiger partial charge is 0.317 e. The first-order chi connectivity index (χ1) is 4.79. The average Bonchev–Trinajstić information content (AvgIpc) is 1.88. The number of piperazine rings is 1. The number of hydrogen-bond donors (Lipinski definition) is 1. The fourth-order valence-corrected chi connectivity index (χ4v) is 0.997. The van der Waals surface area contributed by atoms with Crippen LogP contribution in [-0.4, -0.2) is 48.7 Å². The van der Waals surface area contributed by atoms with Gasteiger partial charge in [-0.2, -0.15) is 0 Å². The quantitative estimate of drug-likeness (QED) is 0.580. The lowest BCUT2D eigenvalue weighted by Crippen LogP contribution is -2.37. The fraction of sp³-hybridized carbons (Fsp3) is 0.833. The first kappa shape index (κ1) is 7.50. The summed E-state index contributed by atoms with van der Waals surface area (Å²) in [5, 5.41) is 12.5. The number of carbonyl (C=O) groups is 1. The summed E-state index contributed by atoms with van der Waals surface area (Å²) < 4.78 is 0. The van der Waals surface area contributed by atoms with Crippen LogP contribution in [0.3, 0.4) is 0 Å². The van der Waals surface area contributed by atoms with Crippen molar-refractivity contribution in [3.8, 4) is 0 Å². The van der Waals surface area contributed by atoms with Gasteiger partial charge in [0.25, 0.3) is 0 Å². The Morgan fingerprint density at radius 1 is 1.50 bits per heavy atom. The van der Waals surface area contributed by atoms with Gasteiger partial charge in [0.1, 0.15) is 0 Å². The van der Waals surface area contributed by atoms with E-state index in [2.05, 4.69) is 5.32 Å². The summed E-state index contributed by atoms with van der Waals surface area (Å²) in [7, 11) is 0. The van der Waals surface area contributed by atoms with Crippen LogP contribution in [-0.2, 0) is 4.79 Å². The van der Waals surface area contributed by atoms with E-state index in [0.717, 1.165) is 26.2 Å². The van der Waals surface area contributed by atoms with Gasteiger partial charge >= 0.3 is 5.97 Å². The molecule has 1 N–H and O–H groups in total. The molecule has 58 valence electrons. The normalized spacial score (nSPS) is 20.8. The number of rotatable bonds is 2. The molecule has 0 spiro atoms. The molecular formula is C6H11N2O2-. The maximum atomic E-state index is 10.2. The third-order valence-electron chi connectivity index (χ3n) is 1.51. The summed E-state index contributed by atoms with van der Waals surface area (Å²) in [5.74, 6) is -0.748.